The van der Waals surface area contributed by atoms with E-state index in [1.165, 1.54) is 0 Å². The van der Waals surface area contributed by atoms with Crippen molar-refractivity contribution < 1.29 is 9.59 Å². The van der Waals surface area contributed by atoms with Gasteiger partial charge in [-0.15, -0.1) is 0 Å². The Hall–Kier alpha value is -3.62. The molecule has 4 rings (SSSR count). The molecule has 33 heavy (non-hydrogen) atoms. The van der Waals surface area contributed by atoms with Crippen LogP contribution in [0.1, 0.15) is 71.5 Å². The molecule has 3 aromatic rings. The summed E-state index contributed by atoms with van der Waals surface area (Å²) < 4.78 is 0. The number of aromatic amines is 1. The van der Waals surface area contributed by atoms with E-state index in [2.05, 4.69) is 20.2 Å². The summed E-state index contributed by atoms with van der Waals surface area (Å²) >= 11 is 0. The smallest absolute Gasteiger partial charge is 0.275 e. The van der Waals surface area contributed by atoms with Gasteiger partial charge in [0.15, 0.2) is 11.5 Å². The molecular weight excluding hydrogens is 420 g/mol. The predicted octanol–water partition coefficient (Wildman–Crippen LogP) is 2.87. The number of likely N-dealkylation sites (tertiary alicyclic amines) is 1. The van der Waals surface area contributed by atoms with E-state index in [4.69, 9.17) is 0 Å². The van der Waals surface area contributed by atoms with Gasteiger partial charge in [0.1, 0.15) is 0 Å². The topological polar surface area (TPSA) is 112 Å². The van der Waals surface area contributed by atoms with Crippen LogP contribution in [0.2, 0.25) is 0 Å². The van der Waals surface area contributed by atoms with Gasteiger partial charge in [-0.25, -0.2) is 15.1 Å². The van der Waals surface area contributed by atoms with Crippen LogP contribution in [0.25, 0.3) is 10.8 Å². The second-order valence-electron chi connectivity index (χ2n) is 8.16. The van der Waals surface area contributed by atoms with Gasteiger partial charge in [0.05, 0.1) is 22.7 Å². The van der Waals surface area contributed by atoms with Crippen molar-refractivity contribution in [1.29, 1.82) is 0 Å². The normalized spacial score (nSPS) is 16.1. The zero-order valence-corrected chi connectivity index (χ0v) is 19.2. The van der Waals surface area contributed by atoms with E-state index in [9.17, 15) is 14.4 Å². The highest BCUT2D eigenvalue weighted by molar-refractivity contribution is 6.04. The Morgan fingerprint density at radius 1 is 1.15 bits per heavy atom. The molecule has 1 unspecified atom stereocenters. The summed E-state index contributed by atoms with van der Waals surface area (Å²) in [4.78, 5) is 51.1. The number of nitrogens with zero attached hydrogens (tertiary/aromatic N) is 5. The molecule has 3 heterocycles. The SMILES string of the molecule is CCN(CC)C(=O)c1cnc(C2CCCCN2C(=O)c2n[nH]c(=O)c3ccccc23)nc1C. The molecule has 1 N–H and O–H groups in total. The molecule has 1 aliphatic heterocycles. The van der Waals surface area contributed by atoms with Crippen molar-refractivity contribution in [1.82, 2.24) is 30.0 Å². The van der Waals surface area contributed by atoms with Gasteiger partial charge < -0.3 is 9.80 Å². The monoisotopic (exact) mass is 448 g/mol. The third-order valence-electron chi connectivity index (χ3n) is 6.24. The van der Waals surface area contributed by atoms with Crippen LogP contribution in [-0.4, -0.2) is 61.4 Å². The highest BCUT2D eigenvalue weighted by atomic mass is 16.2. The Morgan fingerprint density at radius 2 is 1.88 bits per heavy atom. The van der Waals surface area contributed by atoms with E-state index in [0.29, 0.717) is 47.5 Å². The number of aromatic nitrogens is 4. The standard InChI is InChI=1S/C24H28N6O3/c1-4-29(5-2)23(32)18-14-25-21(26-15(18)3)19-12-8-9-13-30(19)24(33)20-16-10-6-7-11-17(16)22(31)28-27-20/h6-7,10-11,14,19H,4-5,8-9,12-13H2,1-3H3,(H,28,31). The molecule has 1 aromatic carbocycles. The molecular formula is C24H28N6O3. The predicted molar refractivity (Wildman–Crippen MR) is 124 cm³/mol. The number of benzene rings is 1. The minimum atomic E-state index is -0.329. The van der Waals surface area contributed by atoms with Crippen molar-refractivity contribution in [3.63, 3.8) is 0 Å². The molecule has 1 saturated heterocycles. The lowest BCUT2D eigenvalue weighted by atomic mass is 9.99. The maximum Gasteiger partial charge on any atom is 0.275 e. The number of amides is 2. The van der Waals surface area contributed by atoms with Crippen LogP contribution in [0, 0.1) is 6.92 Å². The molecule has 0 radical (unpaired) electrons. The van der Waals surface area contributed by atoms with Crippen LogP contribution in [0.3, 0.4) is 0 Å². The molecule has 1 atom stereocenters. The number of carbonyl (C=O) groups excluding carboxylic acids is 2. The molecule has 0 bridgehead atoms. The molecule has 0 spiro atoms. The molecule has 9 nitrogen and oxygen atoms in total. The minimum absolute atomic E-state index is 0.0930. The molecule has 2 aromatic heterocycles. The Labute approximate surface area is 191 Å². The fraction of sp³-hybridized carbons (Fsp3) is 0.417. The van der Waals surface area contributed by atoms with Crippen LogP contribution < -0.4 is 5.56 Å². The molecule has 0 saturated carbocycles. The third-order valence-corrected chi connectivity index (χ3v) is 6.24. The van der Waals surface area contributed by atoms with E-state index >= 15 is 0 Å². The lowest BCUT2D eigenvalue weighted by Crippen LogP contribution is -2.40. The quantitative estimate of drug-likeness (QED) is 0.642. The van der Waals surface area contributed by atoms with E-state index in [1.807, 2.05) is 13.8 Å². The van der Waals surface area contributed by atoms with Crippen LogP contribution in [-0.2, 0) is 0 Å². The van der Waals surface area contributed by atoms with E-state index < -0.39 is 0 Å². The summed E-state index contributed by atoms with van der Waals surface area (Å²) in [5.41, 5.74) is 0.957. The summed E-state index contributed by atoms with van der Waals surface area (Å²) in [6, 6.07) is 6.63. The van der Waals surface area contributed by atoms with Gasteiger partial charge in [0, 0.05) is 31.2 Å². The van der Waals surface area contributed by atoms with Crippen LogP contribution in [0.4, 0.5) is 0 Å². The fourth-order valence-corrected chi connectivity index (χ4v) is 4.39. The van der Waals surface area contributed by atoms with Crippen molar-refractivity contribution in [2.75, 3.05) is 19.6 Å². The second kappa shape index (κ2) is 9.48. The van der Waals surface area contributed by atoms with Crippen LogP contribution >= 0.6 is 0 Å². The van der Waals surface area contributed by atoms with Gasteiger partial charge >= 0.3 is 0 Å². The highest BCUT2D eigenvalue weighted by Crippen LogP contribution is 2.31. The highest BCUT2D eigenvalue weighted by Gasteiger charge is 2.33. The minimum Gasteiger partial charge on any atom is -0.339 e. The molecule has 172 valence electrons. The number of aryl methyl sites for hydroxylation is 1. The first-order valence-electron chi connectivity index (χ1n) is 11.4. The summed E-state index contributed by atoms with van der Waals surface area (Å²) in [5, 5.41) is 7.47. The molecule has 9 heteroatoms. The summed E-state index contributed by atoms with van der Waals surface area (Å²) in [6.07, 6.45) is 4.09. The lowest BCUT2D eigenvalue weighted by Gasteiger charge is -2.34. The summed E-state index contributed by atoms with van der Waals surface area (Å²) in [7, 11) is 0. The van der Waals surface area contributed by atoms with Gasteiger partial charge in [0.25, 0.3) is 17.4 Å². The van der Waals surface area contributed by atoms with Crippen molar-refractivity contribution in [3.05, 3.63) is 63.6 Å². The maximum absolute atomic E-state index is 13.6. The number of piperidine rings is 1. The Bertz CT molecular complexity index is 1250. The fourth-order valence-electron chi connectivity index (χ4n) is 4.39. The van der Waals surface area contributed by atoms with Gasteiger partial charge in [0.2, 0.25) is 0 Å². The van der Waals surface area contributed by atoms with Gasteiger partial charge in [-0.3, -0.25) is 14.4 Å². The summed E-state index contributed by atoms with van der Waals surface area (Å²) in [5.74, 6) is 0.159. The van der Waals surface area contributed by atoms with Crippen molar-refractivity contribution >= 4 is 22.6 Å². The van der Waals surface area contributed by atoms with Gasteiger partial charge in [-0.1, -0.05) is 18.2 Å². The van der Waals surface area contributed by atoms with E-state index in [1.54, 1.807) is 47.2 Å². The average Bonchev–Trinajstić information content (AvgIpc) is 2.84. The Kier molecular flexibility index (Phi) is 6.48. The first-order valence-corrected chi connectivity index (χ1v) is 11.4. The maximum atomic E-state index is 13.6. The van der Waals surface area contributed by atoms with Gasteiger partial charge in [-0.2, -0.15) is 5.10 Å². The lowest BCUT2D eigenvalue weighted by molar-refractivity contribution is 0.0593. The van der Waals surface area contributed by atoms with Crippen molar-refractivity contribution in [2.24, 2.45) is 0 Å². The number of H-pyrrole nitrogens is 1. The Morgan fingerprint density at radius 3 is 2.58 bits per heavy atom. The van der Waals surface area contributed by atoms with Crippen molar-refractivity contribution in [3.8, 4) is 0 Å². The zero-order chi connectivity index (χ0) is 23.5. The first kappa shape index (κ1) is 22.6. The largest absolute Gasteiger partial charge is 0.339 e. The van der Waals surface area contributed by atoms with Crippen LogP contribution in [0.5, 0.6) is 0 Å². The zero-order valence-electron chi connectivity index (χ0n) is 19.2. The van der Waals surface area contributed by atoms with Crippen LogP contribution in [0.15, 0.2) is 35.3 Å². The van der Waals surface area contributed by atoms with E-state index in [0.717, 1.165) is 19.3 Å². The number of fused-ring (bicyclic) bond motifs is 1. The van der Waals surface area contributed by atoms with E-state index in [-0.39, 0.29) is 29.1 Å². The van der Waals surface area contributed by atoms with Crippen molar-refractivity contribution in [2.45, 2.75) is 46.1 Å². The number of hydrogen-bond donors (Lipinski definition) is 1. The number of carbonyl (C=O) groups is 2. The number of nitrogens with one attached hydrogen (secondary N) is 1. The molecule has 1 aliphatic rings. The molecule has 2 amide bonds. The average molecular weight is 449 g/mol. The number of hydrogen-bond acceptors (Lipinski definition) is 6. The second-order valence-corrected chi connectivity index (χ2v) is 8.16. The molecule has 1 fully saturated rings. The summed E-state index contributed by atoms with van der Waals surface area (Å²) in [6.45, 7) is 7.44. The molecule has 0 aliphatic carbocycles. The third kappa shape index (κ3) is 4.22. The Balaban J connectivity index is 1.68. The first-order chi connectivity index (χ1) is 16.0. The number of rotatable bonds is 5. The van der Waals surface area contributed by atoms with Gasteiger partial charge in [-0.05, 0) is 46.1 Å².